The van der Waals surface area contributed by atoms with Crippen molar-refractivity contribution in [3.63, 3.8) is 0 Å². The maximum absolute atomic E-state index is 4.68. The van der Waals surface area contributed by atoms with Crippen molar-refractivity contribution >= 4 is 11.4 Å². The van der Waals surface area contributed by atoms with Crippen molar-refractivity contribution in [1.29, 1.82) is 0 Å². The smallest absolute Gasteiger partial charge is 0.0665 e. The number of hydrogen-bond donors (Lipinski definition) is 0. The molecule has 0 spiro atoms. The predicted octanol–water partition coefficient (Wildman–Crippen LogP) is 4.39. The van der Waals surface area contributed by atoms with Gasteiger partial charge < -0.3 is 0 Å². The van der Waals surface area contributed by atoms with Crippen LogP contribution in [0.5, 0.6) is 0 Å². The zero-order valence-electron chi connectivity index (χ0n) is 12.7. The van der Waals surface area contributed by atoms with Crippen molar-refractivity contribution in [3.05, 3.63) is 0 Å². The molecular weight excluding hydrogens is 208 g/mol. The van der Waals surface area contributed by atoms with Gasteiger partial charge in [-0.05, 0) is 45.4 Å². The van der Waals surface area contributed by atoms with Crippen molar-refractivity contribution in [2.45, 2.75) is 67.3 Å². The van der Waals surface area contributed by atoms with Gasteiger partial charge in [0.1, 0.15) is 0 Å². The normalized spacial score (nSPS) is 15.8. The zero-order chi connectivity index (χ0) is 13.4. The van der Waals surface area contributed by atoms with E-state index in [-0.39, 0.29) is 0 Å². The highest BCUT2D eigenvalue weighted by Crippen LogP contribution is 2.05. The van der Waals surface area contributed by atoms with Crippen molar-refractivity contribution < 1.29 is 0 Å². The summed E-state index contributed by atoms with van der Waals surface area (Å²) >= 11 is 0. The summed E-state index contributed by atoms with van der Waals surface area (Å²) in [5.74, 6) is 1.39. The second-order valence-electron chi connectivity index (χ2n) is 5.99. The Morgan fingerprint density at radius 3 is 1.76 bits per heavy atom. The number of hydrogen-bond acceptors (Lipinski definition) is 2. The van der Waals surface area contributed by atoms with Crippen LogP contribution in [0.15, 0.2) is 9.98 Å². The van der Waals surface area contributed by atoms with Crippen LogP contribution in [0.4, 0.5) is 0 Å². The topological polar surface area (TPSA) is 24.7 Å². The summed E-state index contributed by atoms with van der Waals surface area (Å²) in [5, 5.41) is 0. The Labute approximate surface area is 108 Å². The van der Waals surface area contributed by atoms with E-state index in [9.17, 15) is 0 Å². The second-order valence-corrected chi connectivity index (χ2v) is 5.99. The summed E-state index contributed by atoms with van der Waals surface area (Å²) in [6.45, 7) is 16.1. The van der Waals surface area contributed by atoms with Gasteiger partial charge in [0.15, 0.2) is 0 Å². The SMILES string of the molecule is CC(CC(C)C)=NCC(C)N=C(C)CC(C)C. The molecule has 0 aliphatic heterocycles. The lowest BCUT2D eigenvalue weighted by Crippen LogP contribution is -2.10. The Bertz CT molecular complexity index is 262. The summed E-state index contributed by atoms with van der Waals surface area (Å²) in [5.41, 5.74) is 2.51. The van der Waals surface area contributed by atoms with Gasteiger partial charge in [-0.25, -0.2) is 0 Å². The zero-order valence-corrected chi connectivity index (χ0v) is 12.7. The molecule has 0 rings (SSSR count). The van der Waals surface area contributed by atoms with E-state index in [2.05, 4.69) is 58.5 Å². The van der Waals surface area contributed by atoms with Crippen LogP contribution < -0.4 is 0 Å². The minimum atomic E-state index is 0.316. The predicted molar refractivity (Wildman–Crippen MR) is 79.5 cm³/mol. The van der Waals surface area contributed by atoms with Crippen LogP contribution in [0.1, 0.15) is 61.3 Å². The number of nitrogens with zero attached hydrogens (tertiary/aromatic N) is 2. The number of rotatable bonds is 7. The Balaban J connectivity index is 4.13. The lowest BCUT2D eigenvalue weighted by atomic mass is 10.1. The van der Waals surface area contributed by atoms with Crippen molar-refractivity contribution in [2.24, 2.45) is 21.8 Å². The van der Waals surface area contributed by atoms with Crippen LogP contribution >= 0.6 is 0 Å². The first-order chi connectivity index (χ1) is 7.81. The van der Waals surface area contributed by atoms with E-state index in [1.165, 1.54) is 11.4 Å². The minimum absolute atomic E-state index is 0.316. The first-order valence-corrected chi connectivity index (χ1v) is 6.84. The van der Waals surface area contributed by atoms with Gasteiger partial charge in [-0.2, -0.15) is 0 Å². The standard InChI is InChI=1S/C15H30N2/c1-11(2)8-13(5)16-10-15(7)17-14(6)9-12(3)4/h11-12,15H,8-10H2,1-7H3. The van der Waals surface area contributed by atoms with E-state index in [4.69, 9.17) is 0 Å². The van der Waals surface area contributed by atoms with Crippen molar-refractivity contribution in [2.75, 3.05) is 6.54 Å². The Kier molecular flexibility index (Phi) is 8.11. The third kappa shape index (κ3) is 10.2. The second kappa shape index (κ2) is 8.43. The first kappa shape index (κ1) is 16.3. The van der Waals surface area contributed by atoms with Gasteiger partial charge in [0, 0.05) is 11.4 Å². The summed E-state index contributed by atoms with van der Waals surface area (Å²) in [6, 6.07) is 0.316. The third-order valence-corrected chi connectivity index (χ3v) is 2.47. The van der Waals surface area contributed by atoms with E-state index in [0.717, 1.165) is 19.4 Å². The van der Waals surface area contributed by atoms with E-state index in [1.54, 1.807) is 0 Å². The molecule has 17 heavy (non-hydrogen) atoms. The van der Waals surface area contributed by atoms with Gasteiger partial charge in [0.25, 0.3) is 0 Å². The molecule has 0 aliphatic carbocycles. The molecule has 0 N–H and O–H groups in total. The molecule has 1 atom stereocenters. The third-order valence-electron chi connectivity index (χ3n) is 2.47. The molecule has 2 heteroatoms. The molecule has 0 aliphatic rings. The van der Waals surface area contributed by atoms with Crippen LogP contribution in [0.25, 0.3) is 0 Å². The minimum Gasteiger partial charge on any atom is -0.292 e. The Hall–Kier alpha value is -0.660. The lowest BCUT2D eigenvalue weighted by molar-refractivity contribution is 0.665. The fourth-order valence-corrected chi connectivity index (χ4v) is 2.00. The molecule has 0 amide bonds. The van der Waals surface area contributed by atoms with Crippen LogP contribution in [-0.4, -0.2) is 24.0 Å². The first-order valence-electron chi connectivity index (χ1n) is 6.84. The average molecular weight is 238 g/mol. The van der Waals surface area contributed by atoms with E-state index in [0.29, 0.717) is 17.9 Å². The van der Waals surface area contributed by atoms with Gasteiger partial charge in [-0.1, -0.05) is 27.7 Å². The summed E-state index contributed by atoms with van der Waals surface area (Å²) in [4.78, 5) is 9.28. The molecule has 100 valence electrons. The molecule has 0 fully saturated rings. The van der Waals surface area contributed by atoms with Crippen LogP contribution in [0, 0.1) is 11.8 Å². The van der Waals surface area contributed by atoms with Gasteiger partial charge in [-0.15, -0.1) is 0 Å². The highest BCUT2D eigenvalue weighted by atomic mass is 14.9. The molecule has 0 radical (unpaired) electrons. The highest BCUT2D eigenvalue weighted by molar-refractivity contribution is 5.83. The molecule has 0 aromatic heterocycles. The van der Waals surface area contributed by atoms with Crippen LogP contribution in [-0.2, 0) is 0 Å². The molecule has 0 bridgehead atoms. The molecule has 0 aromatic carbocycles. The molecule has 1 unspecified atom stereocenters. The molecule has 0 heterocycles. The fourth-order valence-electron chi connectivity index (χ4n) is 2.00. The molecule has 2 nitrogen and oxygen atoms in total. The monoisotopic (exact) mass is 238 g/mol. The van der Waals surface area contributed by atoms with E-state index in [1.807, 2.05) is 0 Å². The van der Waals surface area contributed by atoms with E-state index < -0.39 is 0 Å². The maximum Gasteiger partial charge on any atom is 0.0665 e. The number of aliphatic imine (C=N–C) groups is 2. The average Bonchev–Trinajstić information content (AvgIpc) is 2.12. The van der Waals surface area contributed by atoms with E-state index >= 15 is 0 Å². The van der Waals surface area contributed by atoms with Crippen LogP contribution in [0.3, 0.4) is 0 Å². The Morgan fingerprint density at radius 1 is 0.824 bits per heavy atom. The molecule has 0 saturated heterocycles. The van der Waals surface area contributed by atoms with Gasteiger partial charge >= 0.3 is 0 Å². The van der Waals surface area contributed by atoms with Gasteiger partial charge in [-0.3, -0.25) is 9.98 Å². The van der Waals surface area contributed by atoms with Crippen LogP contribution in [0.2, 0.25) is 0 Å². The molecule has 0 aromatic rings. The summed E-state index contributed by atoms with van der Waals surface area (Å²) in [6.07, 6.45) is 2.19. The molecule has 0 saturated carbocycles. The van der Waals surface area contributed by atoms with Crippen molar-refractivity contribution in [3.8, 4) is 0 Å². The fraction of sp³-hybridized carbons (Fsp3) is 0.867. The highest BCUT2D eigenvalue weighted by Gasteiger charge is 2.02. The quantitative estimate of drug-likeness (QED) is 0.588. The maximum atomic E-state index is 4.68. The van der Waals surface area contributed by atoms with Crippen molar-refractivity contribution in [1.82, 2.24) is 0 Å². The summed E-state index contributed by atoms with van der Waals surface area (Å²) < 4.78 is 0. The lowest BCUT2D eigenvalue weighted by Gasteiger charge is -2.09. The van der Waals surface area contributed by atoms with Gasteiger partial charge in [0.05, 0.1) is 12.6 Å². The largest absolute Gasteiger partial charge is 0.292 e. The molecular formula is C15H30N2. The Morgan fingerprint density at radius 2 is 1.29 bits per heavy atom. The van der Waals surface area contributed by atoms with Gasteiger partial charge in [0.2, 0.25) is 0 Å². The summed E-state index contributed by atoms with van der Waals surface area (Å²) in [7, 11) is 0.